The van der Waals surface area contributed by atoms with E-state index < -0.39 is 5.97 Å². The second kappa shape index (κ2) is 51.2. The van der Waals surface area contributed by atoms with Crippen LogP contribution in [0.4, 0.5) is 0 Å². The Morgan fingerprint density at radius 1 is 0.357 bits per heavy atom. The molecule has 0 aliphatic heterocycles. The van der Waals surface area contributed by atoms with E-state index in [1.807, 2.05) is 0 Å². The summed E-state index contributed by atoms with van der Waals surface area (Å²) >= 11 is 0. The van der Waals surface area contributed by atoms with Crippen molar-refractivity contribution in [2.24, 2.45) is 0 Å². The van der Waals surface area contributed by atoms with E-state index in [2.05, 4.69) is 25.7 Å². The summed E-state index contributed by atoms with van der Waals surface area (Å²) in [6, 6.07) is 0.396. The summed E-state index contributed by atoms with van der Waals surface area (Å²) in [5.41, 5.74) is 0. The average molecular weight is 782 g/mol. The average Bonchev–Trinajstić information content (AvgIpc) is 3.18. The van der Waals surface area contributed by atoms with Gasteiger partial charge in [0.15, 0.2) is 0 Å². The zero-order valence-electron chi connectivity index (χ0n) is 39.6. The first-order valence-corrected chi connectivity index (χ1v) is 26.1. The summed E-state index contributed by atoms with van der Waals surface area (Å²) in [7, 11) is 0. The normalized spacial score (nSPS) is 12.1. The molecule has 0 heterocycles. The van der Waals surface area contributed by atoms with E-state index in [4.69, 9.17) is 0 Å². The molecule has 3 nitrogen and oxygen atoms in total. The molecule has 0 amide bonds. The first-order valence-electron chi connectivity index (χ1n) is 26.1. The van der Waals surface area contributed by atoms with E-state index >= 15 is 0 Å². The molecule has 0 radical (unpaired) electrons. The third-order valence-corrected chi connectivity index (χ3v) is 12.8. The van der Waals surface area contributed by atoms with E-state index in [0.717, 1.165) is 25.9 Å². The molecule has 0 aromatic carbocycles. The maximum Gasteiger partial charge on any atom is 1.00 e. The standard InChI is InChI=1S/C52H105NO2.Li/c1-4-7-9-11-13-15-17-19-21-23-25-27-29-31-33-35-37-39-41-43-45-49-53(51(6-3)47-48-52(54)55)50-46-44-42-40-38-36-34-32-30-28-26-24-22-20-18-16-14-12-10-8-5-2;/h51H,4-50H2,1-3H3,(H,54,55);/q;+1/p-1. The predicted molar refractivity (Wildman–Crippen MR) is 245 cm³/mol. The van der Waals surface area contributed by atoms with Gasteiger partial charge in [-0.2, -0.15) is 0 Å². The van der Waals surface area contributed by atoms with Crippen LogP contribution in [0.15, 0.2) is 0 Å². The van der Waals surface area contributed by atoms with Gasteiger partial charge in [-0.05, 0) is 45.2 Å². The summed E-state index contributed by atoms with van der Waals surface area (Å²) in [5, 5.41) is 11.2. The third-order valence-electron chi connectivity index (χ3n) is 12.8. The molecule has 0 fully saturated rings. The quantitative estimate of drug-likeness (QED) is 0.0456. The van der Waals surface area contributed by atoms with Crippen molar-refractivity contribution in [1.82, 2.24) is 4.90 Å². The Morgan fingerprint density at radius 2 is 0.554 bits per heavy atom. The van der Waals surface area contributed by atoms with Crippen LogP contribution in [0.3, 0.4) is 0 Å². The fourth-order valence-electron chi connectivity index (χ4n) is 8.90. The maximum absolute atomic E-state index is 11.2. The van der Waals surface area contributed by atoms with Crippen molar-refractivity contribution < 1.29 is 28.8 Å². The van der Waals surface area contributed by atoms with Gasteiger partial charge in [0.1, 0.15) is 0 Å². The van der Waals surface area contributed by atoms with Crippen LogP contribution in [-0.4, -0.2) is 30.0 Å². The van der Waals surface area contributed by atoms with Crippen LogP contribution in [0.2, 0.25) is 0 Å². The molecule has 0 saturated heterocycles. The Bertz CT molecular complexity index is 671. The van der Waals surface area contributed by atoms with Gasteiger partial charge in [0.2, 0.25) is 0 Å². The molecule has 0 bridgehead atoms. The van der Waals surface area contributed by atoms with Gasteiger partial charge in [-0.3, -0.25) is 0 Å². The summed E-state index contributed by atoms with van der Waals surface area (Å²) in [6.45, 7) is 9.13. The number of carbonyl (C=O) groups excluding carboxylic acids is 1. The van der Waals surface area contributed by atoms with E-state index in [0.29, 0.717) is 6.04 Å². The predicted octanol–water partition coefficient (Wildman–Crippen LogP) is 14.0. The van der Waals surface area contributed by atoms with Crippen LogP contribution >= 0.6 is 0 Å². The van der Waals surface area contributed by atoms with Crippen LogP contribution in [0.25, 0.3) is 0 Å². The van der Waals surface area contributed by atoms with Gasteiger partial charge in [0.25, 0.3) is 0 Å². The molecule has 1 atom stereocenters. The second-order valence-corrected chi connectivity index (χ2v) is 18.2. The zero-order valence-corrected chi connectivity index (χ0v) is 39.6. The monoisotopic (exact) mass is 782 g/mol. The van der Waals surface area contributed by atoms with Crippen LogP contribution in [0.5, 0.6) is 0 Å². The third kappa shape index (κ3) is 46.7. The number of carbonyl (C=O) groups is 1. The van der Waals surface area contributed by atoms with Crippen LogP contribution in [0, 0.1) is 0 Å². The number of unbranched alkanes of at least 4 members (excludes halogenated alkanes) is 40. The number of nitrogens with zero attached hydrogens (tertiary/aromatic N) is 1. The molecular formula is C52H104LiNO2. The van der Waals surface area contributed by atoms with Gasteiger partial charge >= 0.3 is 18.9 Å². The smallest absolute Gasteiger partial charge is 0.550 e. The Morgan fingerprint density at radius 3 is 0.732 bits per heavy atom. The first-order chi connectivity index (χ1) is 27.2. The van der Waals surface area contributed by atoms with Crippen molar-refractivity contribution in [3.63, 3.8) is 0 Å². The fraction of sp³-hybridized carbons (Fsp3) is 0.981. The van der Waals surface area contributed by atoms with Crippen LogP contribution in [0.1, 0.15) is 310 Å². The summed E-state index contributed by atoms with van der Waals surface area (Å²) < 4.78 is 0. The second-order valence-electron chi connectivity index (χ2n) is 18.2. The number of rotatable bonds is 49. The van der Waals surface area contributed by atoms with Gasteiger partial charge in [-0.15, -0.1) is 0 Å². The van der Waals surface area contributed by atoms with Gasteiger partial charge in [0, 0.05) is 12.0 Å². The van der Waals surface area contributed by atoms with Crippen molar-refractivity contribution in [2.45, 2.75) is 316 Å². The van der Waals surface area contributed by atoms with Gasteiger partial charge in [-0.1, -0.05) is 278 Å². The summed E-state index contributed by atoms with van der Waals surface area (Å²) in [5.74, 6) is -0.887. The van der Waals surface area contributed by atoms with Crippen molar-refractivity contribution in [1.29, 1.82) is 0 Å². The minimum absolute atomic E-state index is 0. The molecule has 0 N–H and O–H groups in total. The molecule has 0 aliphatic carbocycles. The minimum atomic E-state index is -0.887. The number of hydrogen-bond acceptors (Lipinski definition) is 3. The van der Waals surface area contributed by atoms with E-state index in [1.165, 1.54) is 270 Å². The van der Waals surface area contributed by atoms with Gasteiger partial charge < -0.3 is 14.8 Å². The van der Waals surface area contributed by atoms with Crippen molar-refractivity contribution in [2.75, 3.05) is 13.1 Å². The van der Waals surface area contributed by atoms with Crippen LogP contribution in [-0.2, 0) is 4.79 Å². The molecule has 0 saturated carbocycles. The van der Waals surface area contributed by atoms with Gasteiger partial charge in [-0.25, -0.2) is 0 Å². The Hall–Kier alpha value is 0.0274. The maximum atomic E-state index is 11.2. The van der Waals surface area contributed by atoms with Crippen LogP contribution < -0.4 is 24.0 Å². The molecule has 0 aromatic rings. The van der Waals surface area contributed by atoms with Crippen molar-refractivity contribution >= 4 is 5.97 Å². The van der Waals surface area contributed by atoms with Crippen molar-refractivity contribution in [3.05, 3.63) is 0 Å². The van der Waals surface area contributed by atoms with E-state index in [-0.39, 0.29) is 25.3 Å². The molecule has 0 rings (SSSR count). The minimum Gasteiger partial charge on any atom is -0.550 e. The van der Waals surface area contributed by atoms with E-state index in [1.54, 1.807) is 0 Å². The molecule has 56 heavy (non-hydrogen) atoms. The number of carboxylic acid groups (broad SMARTS) is 1. The molecule has 0 spiro atoms. The molecule has 4 heteroatoms. The zero-order chi connectivity index (χ0) is 40.0. The Balaban J connectivity index is 0. The summed E-state index contributed by atoms with van der Waals surface area (Å²) in [4.78, 5) is 13.9. The number of carboxylic acids is 1. The molecule has 1 unspecified atom stereocenters. The van der Waals surface area contributed by atoms with Gasteiger partial charge in [0.05, 0.1) is 0 Å². The Kier molecular flexibility index (Phi) is 53.1. The first kappa shape index (κ1) is 58.1. The number of aliphatic carboxylic acids is 1. The molecular weight excluding hydrogens is 678 g/mol. The molecule has 0 aromatic heterocycles. The SMILES string of the molecule is CCCCCCCCCCCCCCCCCCCCCCCN(CCCCCCCCCCCCCCCCCCCCCCC)C(CC)CCC(=O)[O-].[Li+]. The Labute approximate surface area is 366 Å². The van der Waals surface area contributed by atoms with Crippen molar-refractivity contribution in [3.8, 4) is 0 Å². The number of hydrogen-bond donors (Lipinski definition) is 0. The van der Waals surface area contributed by atoms with E-state index in [9.17, 15) is 9.90 Å². The molecule has 330 valence electrons. The summed E-state index contributed by atoms with van der Waals surface area (Å²) in [6.07, 6.45) is 61.8. The fourth-order valence-corrected chi connectivity index (χ4v) is 8.90. The topological polar surface area (TPSA) is 43.4 Å². The molecule has 0 aliphatic rings. The largest absolute Gasteiger partial charge is 1.00 e.